The number of carbonyl (C=O) groups excluding carboxylic acids is 2. The minimum absolute atomic E-state index is 0.348. The highest BCUT2D eigenvalue weighted by molar-refractivity contribution is 6.33. The van der Waals surface area contributed by atoms with Gasteiger partial charge in [-0.1, -0.05) is 47.5 Å². The Morgan fingerprint density at radius 2 is 1.71 bits per heavy atom. The van der Waals surface area contributed by atoms with Gasteiger partial charge in [-0.15, -0.1) is 0 Å². The molecule has 6 heteroatoms. The Morgan fingerprint density at radius 3 is 2.33 bits per heavy atom. The van der Waals surface area contributed by atoms with Crippen molar-refractivity contribution < 1.29 is 14.3 Å². The fourth-order valence-electron chi connectivity index (χ4n) is 2.52. The number of ether oxygens (including phenoxy) is 1. The van der Waals surface area contributed by atoms with Crippen LogP contribution in [0.5, 0.6) is 0 Å². The second kappa shape index (κ2) is 6.83. The van der Waals surface area contributed by atoms with Gasteiger partial charge >= 0.3 is 5.97 Å². The number of rotatable bonds is 5. The number of benzene rings is 2. The fraction of sp³-hybridized carbons (Fsp3) is 0.222. The monoisotopic (exact) mass is 363 g/mol. The predicted molar refractivity (Wildman–Crippen MR) is 93.4 cm³/mol. The Kier molecular flexibility index (Phi) is 4.78. The van der Waals surface area contributed by atoms with E-state index in [4.69, 9.17) is 27.9 Å². The average molecular weight is 364 g/mol. The van der Waals surface area contributed by atoms with Crippen molar-refractivity contribution in [2.45, 2.75) is 18.3 Å². The van der Waals surface area contributed by atoms with Crippen LogP contribution in [-0.4, -0.2) is 18.5 Å². The summed E-state index contributed by atoms with van der Waals surface area (Å²) in [6, 6.07) is 14.0. The first kappa shape index (κ1) is 16.8. The summed E-state index contributed by atoms with van der Waals surface area (Å²) in [5, 5.41) is 3.66. The molecule has 0 spiro atoms. The van der Waals surface area contributed by atoms with Gasteiger partial charge in [0.2, 0.25) is 0 Å². The molecule has 1 N–H and O–H groups in total. The molecule has 1 fully saturated rings. The van der Waals surface area contributed by atoms with Crippen LogP contribution in [0.1, 0.15) is 18.4 Å². The maximum atomic E-state index is 12.4. The molecule has 0 aromatic heterocycles. The largest absolute Gasteiger partial charge is 0.455 e. The summed E-state index contributed by atoms with van der Waals surface area (Å²) >= 11 is 11.8. The van der Waals surface area contributed by atoms with Gasteiger partial charge in [-0.2, -0.15) is 0 Å². The third-order valence-electron chi connectivity index (χ3n) is 4.02. The van der Waals surface area contributed by atoms with Crippen LogP contribution in [0.4, 0.5) is 5.69 Å². The summed E-state index contributed by atoms with van der Waals surface area (Å²) < 4.78 is 5.20. The molecule has 1 saturated carbocycles. The first-order valence-corrected chi connectivity index (χ1v) is 8.24. The predicted octanol–water partition coefficient (Wildman–Crippen LogP) is 4.21. The third-order valence-corrected chi connectivity index (χ3v) is 4.60. The van der Waals surface area contributed by atoms with Gasteiger partial charge in [0.05, 0.1) is 16.1 Å². The molecule has 0 heterocycles. The minimum Gasteiger partial charge on any atom is -0.455 e. The van der Waals surface area contributed by atoms with Crippen molar-refractivity contribution in [3.8, 4) is 0 Å². The number of esters is 1. The van der Waals surface area contributed by atoms with E-state index in [0.717, 1.165) is 5.56 Å². The van der Waals surface area contributed by atoms with Crippen LogP contribution >= 0.6 is 23.2 Å². The highest BCUT2D eigenvalue weighted by Crippen LogP contribution is 2.49. The zero-order chi connectivity index (χ0) is 17.2. The van der Waals surface area contributed by atoms with E-state index in [9.17, 15) is 9.59 Å². The summed E-state index contributed by atoms with van der Waals surface area (Å²) in [7, 11) is 0. The van der Waals surface area contributed by atoms with Crippen LogP contribution in [0.2, 0.25) is 10.0 Å². The lowest BCUT2D eigenvalue weighted by molar-refractivity contribution is -0.150. The number of anilines is 1. The zero-order valence-corrected chi connectivity index (χ0v) is 14.2. The van der Waals surface area contributed by atoms with E-state index in [0.29, 0.717) is 28.6 Å². The first-order chi connectivity index (χ1) is 11.5. The van der Waals surface area contributed by atoms with Gasteiger partial charge in [0.1, 0.15) is 0 Å². The van der Waals surface area contributed by atoms with Crippen molar-refractivity contribution in [1.29, 1.82) is 0 Å². The molecule has 4 nitrogen and oxygen atoms in total. The van der Waals surface area contributed by atoms with Gasteiger partial charge in [0.15, 0.2) is 6.61 Å². The highest BCUT2D eigenvalue weighted by atomic mass is 35.5. The molecule has 0 radical (unpaired) electrons. The Balaban J connectivity index is 1.58. The molecular formula is C18H15Cl2NO3. The van der Waals surface area contributed by atoms with Crippen LogP contribution in [0, 0.1) is 0 Å². The van der Waals surface area contributed by atoms with Crippen molar-refractivity contribution in [3.63, 3.8) is 0 Å². The first-order valence-electron chi connectivity index (χ1n) is 7.49. The van der Waals surface area contributed by atoms with Crippen molar-refractivity contribution >= 4 is 40.8 Å². The van der Waals surface area contributed by atoms with E-state index in [-0.39, 0.29) is 12.6 Å². The minimum atomic E-state index is -0.644. The van der Waals surface area contributed by atoms with E-state index in [1.165, 1.54) is 0 Å². The van der Waals surface area contributed by atoms with E-state index in [1.807, 2.05) is 12.1 Å². The molecule has 1 aliphatic carbocycles. The maximum absolute atomic E-state index is 12.4. The number of hydrogen-bond acceptors (Lipinski definition) is 3. The van der Waals surface area contributed by atoms with E-state index in [2.05, 4.69) is 5.32 Å². The number of halogens is 2. The van der Waals surface area contributed by atoms with Crippen LogP contribution in [-0.2, 0) is 19.7 Å². The molecule has 0 saturated heterocycles. The Hall–Kier alpha value is -2.04. The van der Waals surface area contributed by atoms with Gasteiger partial charge < -0.3 is 10.1 Å². The standard InChI is InChI=1S/C18H15Cl2NO3/c19-13-7-5-12(6-8-13)18(9-10-18)17(23)24-11-16(22)21-15-4-2-1-3-14(15)20/h1-8H,9-11H2,(H,21,22). The molecule has 0 aliphatic heterocycles. The van der Waals surface area contributed by atoms with Gasteiger partial charge in [0.25, 0.3) is 5.91 Å². The van der Waals surface area contributed by atoms with Crippen molar-refractivity contribution in [3.05, 3.63) is 64.1 Å². The lowest BCUT2D eigenvalue weighted by Gasteiger charge is -2.15. The molecule has 2 aromatic rings. The fourth-order valence-corrected chi connectivity index (χ4v) is 2.83. The Morgan fingerprint density at radius 1 is 1.04 bits per heavy atom. The number of carbonyl (C=O) groups is 2. The molecular weight excluding hydrogens is 349 g/mol. The van der Waals surface area contributed by atoms with E-state index < -0.39 is 11.3 Å². The molecule has 0 bridgehead atoms. The Labute approximate surface area is 149 Å². The molecule has 0 unspecified atom stereocenters. The summed E-state index contributed by atoms with van der Waals surface area (Å²) in [5.74, 6) is -0.817. The topological polar surface area (TPSA) is 55.4 Å². The number of hydrogen-bond donors (Lipinski definition) is 1. The molecule has 2 aromatic carbocycles. The normalized spacial score (nSPS) is 14.8. The van der Waals surface area contributed by atoms with Crippen LogP contribution in [0.25, 0.3) is 0 Å². The van der Waals surface area contributed by atoms with Gasteiger partial charge in [-0.25, -0.2) is 0 Å². The Bertz CT molecular complexity index is 770. The van der Waals surface area contributed by atoms with E-state index >= 15 is 0 Å². The van der Waals surface area contributed by atoms with Crippen molar-refractivity contribution in [2.75, 3.05) is 11.9 Å². The van der Waals surface area contributed by atoms with Gasteiger partial charge in [-0.3, -0.25) is 9.59 Å². The molecule has 0 atom stereocenters. The second-order valence-electron chi connectivity index (χ2n) is 5.69. The molecule has 124 valence electrons. The lowest BCUT2D eigenvalue weighted by Crippen LogP contribution is -2.28. The summed E-state index contributed by atoms with van der Waals surface area (Å²) in [6.07, 6.45) is 1.42. The lowest BCUT2D eigenvalue weighted by atomic mass is 9.96. The van der Waals surface area contributed by atoms with Gasteiger partial charge in [-0.05, 0) is 42.7 Å². The smallest absolute Gasteiger partial charge is 0.317 e. The third kappa shape index (κ3) is 3.55. The maximum Gasteiger partial charge on any atom is 0.317 e. The highest BCUT2D eigenvalue weighted by Gasteiger charge is 2.52. The second-order valence-corrected chi connectivity index (χ2v) is 6.54. The zero-order valence-electron chi connectivity index (χ0n) is 12.7. The van der Waals surface area contributed by atoms with Gasteiger partial charge in [0, 0.05) is 5.02 Å². The number of nitrogens with one attached hydrogen (secondary N) is 1. The summed E-state index contributed by atoms with van der Waals surface area (Å²) in [4.78, 5) is 24.3. The molecule has 1 aliphatic rings. The van der Waals surface area contributed by atoms with Crippen molar-refractivity contribution in [1.82, 2.24) is 0 Å². The average Bonchev–Trinajstić information content (AvgIpc) is 3.37. The molecule has 1 amide bonds. The molecule has 24 heavy (non-hydrogen) atoms. The number of para-hydroxylation sites is 1. The van der Waals surface area contributed by atoms with Crippen molar-refractivity contribution in [2.24, 2.45) is 0 Å². The summed E-state index contributed by atoms with van der Waals surface area (Å²) in [5.41, 5.74) is 0.706. The summed E-state index contributed by atoms with van der Waals surface area (Å²) in [6.45, 7) is -0.348. The van der Waals surface area contributed by atoms with Crippen LogP contribution in [0.3, 0.4) is 0 Å². The quantitative estimate of drug-likeness (QED) is 0.809. The van der Waals surface area contributed by atoms with E-state index in [1.54, 1.807) is 36.4 Å². The molecule has 3 rings (SSSR count). The van der Waals surface area contributed by atoms with Crippen LogP contribution in [0.15, 0.2) is 48.5 Å². The van der Waals surface area contributed by atoms with Crippen LogP contribution < -0.4 is 5.32 Å². The SMILES string of the molecule is O=C(COC(=O)C1(c2ccc(Cl)cc2)CC1)Nc1ccccc1Cl. The number of amides is 1.